The minimum Gasteiger partial charge on any atom is -0.474 e. The molecule has 4 rings (SSSR count). The third kappa shape index (κ3) is 4.78. The number of nitrogens with one attached hydrogen (secondary N) is 1. The minimum absolute atomic E-state index is 0.0856. The normalized spacial score (nSPS) is 24.0. The maximum absolute atomic E-state index is 13.1. The molecule has 1 saturated heterocycles. The maximum Gasteiger partial charge on any atom is 0.227 e. The van der Waals surface area contributed by atoms with E-state index in [1.54, 1.807) is 23.2 Å². The molecule has 158 valence electrons. The number of hydrogen-bond donors (Lipinski definition) is 1. The molecule has 2 aromatic rings. The summed E-state index contributed by atoms with van der Waals surface area (Å²) in [5, 5.41) is 3.11. The number of carbonyl (C=O) groups excluding carboxylic acids is 2. The monoisotopic (exact) mass is 411 g/mol. The second kappa shape index (κ2) is 8.81. The summed E-state index contributed by atoms with van der Waals surface area (Å²) in [6, 6.07) is 9.73. The van der Waals surface area contributed by atoms with Gasteiger partial charge in [0.1, 0.15) is 11.9 Å². The van der Waals surface area contributed by atoms with Crippen LogP contribution in [0.15, 0.2) is 42.6 Å². The number of nitrogens with zero attached hydrogens (tertiary/aromatic N) is 2. The molecule has 30 heavy (non-hydrogen) atoms. The van der Waals surface area contributed by atoms with Gasteiger partial charge in [0.2, 0.25) is 17.7 Å². The van der Waals surface area contributed by atoms with E-state index in [4.69, 9.17) is 4.74 Å². The summed E-state index contributed by atoms with van der Waals surface area (Å²) in [6.07, 6.45) is 5.46. The van der Waals surface area contributed by atoms with Gasteiger partial charge in [0, 0.05) is 37.0 Å². The summed E-state index contributed by atoms with van der Waals surface area (Å²) in [5.41, 5.74) is 1.72. The zero-order chi connectivity index (χ0) is 21.1. The van der Waals surface area contributed by atoms with Crippen molar-refractivity contribution in [1.82, 2.24) is 10.3 Å². The highest BCUT2D eigenvalue weighted by molar-refractivity contribution is 6.00. The van der Waals surface area contributed by atoms with Crippen molar-refractivity contribution in [3.05, 3.63) is 54.0 Å². The molecule has 0 radical (unpaired) electrons. The number of halogens is 1. The third-order valence-corrected chi connectivity index (χ3v) is 5.83. The molecular weight excluding hydrogens is 385 g/mol. The Kier molecular flexibility index (Phi) is 5.97. The molecule has 1 N–H and O–H groups in total. The molecule has 1 aromatic carbocycles. The lowest BCUT2D eigenvalue weighted by Crippen LogP contribution is -2.43. The molecule has 1 aliphatic carbocycles. The van der Waals surface area contributed by atoms with E-state index >= 15 is 0 Å². The Bertz CT molecular complexity index is 893. The smallest absolute Gasteiger partial charge is 0.227 e. The maximum atomic E-state index is 13.1. The van der Waals surface area contributed by atoms with E-state index in [1.807, 2.05) is 19.1 Å². The molecule has 1 atom stereocenters. The van der Waals surface area contributed by atoms with Crippen LogP contribution in [0.1, 0.15) is 37.7 Å². The second-order valence-corrected chi connectivity index (χ2v) is 8.16. The van der Waals surface area contributed by atoms with Crippen LogP contribution in [0.2, 0.25) is 0 Å². The highest BCUT2D eigenvalue weighted by Gasteiger charge is 2.36. The Balaban J connectivity index is 1.25. The molecule has 2 aliphatic rings. The number of hydrogen-bond acceptors (Lipinski definition) is 4. The topological polar surface area (TPSA) is 71.5 Å². The van der Waals surface area contributed by atoms with Crippen LogP contribution < -0.4 is 15.0 Å². The van der Waals surface area contributed by atoms with Gasteiger partial charge in [-0.25, -0.2) is 9.37 Å². The number of carbonyl (C=O) groups is 2. The summed E-state index contributed by atoms with van der Waals surface area (Å²) < 4.78 is 19.1. The van der Waals surface area contributed by atoms with Gasteiger partial charge in [0.15, 0.2) is 0 Å². The number of ether oxygens (including phenoxy) is 1. The first-order chi connectivity index (χ1) is 14.5. The molecule has 6 nitrogen and oxygen atoms in total. The van der Waals surface area contributed by atoms with Crippen molar-refractivity contribution in [1.29, 1.82) is 0 Å². The Morgan fingerprint density at radius 1 is 1.13 bits per heavy atom. The van der Waals surface area contributed by atoms with Crippen molar-refractivity contribution in [3.63, 3.8) is 0 Å². The average molecular weight is 411 g/mol. The summed E-state index contributed by atoms with van der Waals surface area (Å²) in [6.45, 7) is 2.31. The number of aromatic nitrogens is 1. The zero-order valence-electron chi connectivity index (χ0n) is 17.0. The van der Waals surface area contributed by atoms with Crippen LogP contribution in [0.5, 0.6) is 5.88 Å². The molecule has 2 amide bonds. The van der Waals surface area contributed by atoms with E-state index in [0.29, 0.717) is 18.1 Å². The van der Waals surface area contributed by atoms with Gasteiger partial charge in [0.25, 0.3) is 0 Å². The molecule has 7 heteroatoms. The fourth-order valence-electron chi connectivity index (χ4n) is 4.09. The summed E-state index contributed by atoms with van der Waals surface area (Å²) >= 11 is 0. The molecule has 1 unspecified atom stereocenters. The first-order valence-electron chi connectivity index (χ1n) is 10.4. The van der Waals surface area contributed by atoms with E-state index in [1.165, 1.54) is 12.1 Å². The largest absolute Gasteiger partial charge is 0.474 e. The van der Waals surface area contributed by atoms with Crippen LogP contribution in [0.25, 0.3) is 0 Å². The fraction of sp³-hybridized carbons (Fsp3) is 0.435. The third-order valence-electron chi connectivity index (χ3n) is 5.83. The second-order valence-electron chi connectivity index (χ2n) is 8.16. The predicted molar refractivity (Wildman–Crippen MR) is 111 cm³/mol. The van der Waals surface area contributed by atoms with Crippen molar-refractivity contribution in [2.45, 2.75) is 51.2 Å². The minimum atomic E-state index is -0.381. The van der Waals surface area contributed by atoms with Gasteiger partial charge in [-0.15, -0.1) is 0 Å². The number of pyridine rings is 1. The van der Waals surface area contributed by atoms with E-state index in [9.17, 15) is 14.0 Å². The number of benzene rings is 1. The van der Waals surface area contributed by atoms with Crippen molar-refractivity contribution < 1.29 is 18.7 Å². The van der Waals surface area contributed by atoms with Gasteiger partial charge >= 0.3 is 0 Å². The van der Waals surface area contributed by atoms with Gasteiger partial charge in [-0.05, 0) is 62.4 Å². The quantitative estimate of drug-likeness (QED) is 0.819. The number of anilines is 1. The van der Waals surface area contributed by atoms with Crippen LogP contribution in [-0.2, 0) is 9.59 Å². The average Bonchev–Trinajstić information content (AvgIpc) is 3.13. The van der Waals surface area contributed by atoms with Gasteiger partial charge in [0.05, 0.1) is 5.92 Å². The lowest BCUT2D eigenvalue weighted by Gasteiger charge is -2.29. The summed E-state index contributed by atoms with van der Waals surface area (Å²) in [5.74, 6) is -0.286. The van der Waals surface area contributed by atoms with E-state index in [0.717, 1.165) is 31.2 Å². The first kappa shape index (κ1) is 20.3. The summed E-state index contributed by atoms with van der Waals surface area (Å²) in [4.78, 5) is 30.9. The van der Waals surface area contributed by atoms with Crippen molar-refractivity contribution in [3.8, 4) is 5.88 Å². The fourth-order valence-corrected chi connectivity index (χ4v) is 4.09. The molecule has 2 fully saturated rings. The van der Waals surface area contributed by atoms with Gasteiger partial charge in [-0.2, -0.15) is 0 Å². The Labute approximate surface area is 175 Å². The van der Waals surface area contributed by atoms with Crippen LogP contribution in [0, 0.1) is 18.7 Å². The molecule has 1 aromatic heterocycles. The molecule has 0 spiro atoms. The molecular formula is C23H26FN3O3. The predicted octanol–water partition coefficient (Wildman–Crippen LogP) is 3.39. The van der Waals surface area contributed by atoms with Crippen LogP contribution in [-0.4, -0.2) is 35.5 Å². The Hall–Kier alpha value is -2.96. The molecule has 2 heterocycles. The van der Waals surface area contributed by atoms with E-state index in [-0.39, 0.29) is 42.1 Å². The van der Waals surface area contributed by atoms with Gasteiger partial charge < -0.3 is 15.0 Å². The molecule has 1 saturated carbocycles. The van der Waals surface area contributed by atoms with Gasteiger partial charge in [-0.1, -0.05) is 6.07 Å². The first-order valence-corrected chi connectivity index (χ1v) is 10.4. The Morgan fingerprint density at radius 3 is 2.53 bits per heavy atom. The van der Waals surface area contributed by atoms with Crippen LogP contribution >= 0.6 is 0 Å². The highest BCUT2D eigenvalue weighted by Crippen LogP contribution is 2.27. The number of rotatable bonds is 5. The highest BCUT2D eigenvalue weighted by atomic mass is 19.1. The van der Waals surface area contributed by atoms with Crippen molar-refractivity contribution >= 4 is 17.5 Å². The van der Waals surface area contributed by atoms with Crippen molar-refractivity contribution in [2.24, 2.45) is 5.92 Å². The lowest BCUT2D eigenvalue weighted by atomic mass is 9.92. The number of amides is 2. The van der Waals surface area contributed by atoms with Crippen LogP contribution in [0.3, 0.4) is 0 Å². The summed E-state index contributed by atoms with van der Waals surface area (Å²) in [7, 11) is 0. The molecule has 0 bridgehead atoms. The zero-order valence-corrected chi connectivity index (χ0v) is 17.0. The SMILES string of the molecule is Cc1ccc(OC2CCC(NC(=O)C3CC(=O)N(c4ccc(F)cc4)C3)CC2)nc1. The van der Waals surface area contributed by atoms with Crippen LogP contribution in [0.4, 0.5) is 10.1 Å². The van der Waals surface area contributed by atoms with E-state index < -0.39 is 0 Å². The number of aryl methyl sites for hydroxylation is 1. The van der Waals surface area contributed by atoms with E-state index in [2.05, 4.69) is 10.3 Å². The van der Waals surface area contributed by atoms with Crippen molar-refractivity contribution in [2.75, 3.05) is 11.4 Å². The van der Waals surface area contributed by atoms with Gasteiger partial charge in [-0.3, -0.25) is 9.59 Å². The lowest BCUT2D eigenvalue weighted by molar-refractivity contribution is -0.127. The standard InChI is InChI=1S/C23H26FN3O3/c1-15-2-11-21(25-13-15)30-20-9-5-18(6-10-20)26-23(29)16-12-22(28)27(14-16)19-7-3-17(24)4-8-19/h2-4,7-8,11,13,16,18,20H,5-6,9-10,12,14H2,1H3,(H,26,29). The molecule has 1 aliphatic heterocycles. The Morgan fingerprint density at radius 2 is 1.87 bits per heavy atom.